The van der Waals surface area contributed by atoms with E-state index in [1.807, 2.05) is 13.8 Å². The van der Waals surface area contributed by atoms with E-state index in [1.54, 1.807) is 24.0 Å². The van der Waals surface area contributed by atoms with Crippen LogP contribution in [-0.4, -0.2) is 31.1 Å². The number of nitrogens with one attached hydrogen (secondary N) is 2. The third-order valence-electron chi connectivity index (χ3n) is 3.63. The van der Waals surface area contributed by atoms with Gasteiger partial charge in [-0.2, -0.15) is 0 Å². The molecule has 22 heavy (non-hydrogen) atoms. The van der Waals surface area contributed by atoms with Gasteiger partial charge in [0, 0.05) is 18.8 Å². The third-order valence-corrected chi connectivity index (χ3v) is 3.63. The molecule has 1 aromatic rings. The fourth-order valence-corrected chi connectivity index (χ4v) is 2.37. The summed E-state index contributed by atoms with van der Waals surface area (Å²) in [5.74, 6) is -0.104. The minimum Gasteiger partial charge on any atom is -0.338 e. The van der Waals surface area contributed by atoms with Gasteiger partial charge in [-0.15, -0.1) is 0 Å². The zero-order valence-corrected chi connectivity index (χ0v) is 13.1. The summed E-state index contributed by atoms with van der Waals surface area (Å²) in [5.41, 5.74) is 1.16. The molecule has 0 bridgehead atoms. The van der Waals surface area contributed by atoms with Gasteiger partial charge in [0.2, 0.25) is 5.91 Å². The first-order chi connectivity index (χ1) is 10.4. The summed E-state index contributed by atoms with van der Waals surface area (Å²) in [6.07, 6.45) is 0.546. The Morgan fingerprint density at radius 2 is 2.18 bits per heavy atom. The standard InChI is InChI=1S/C16H22FN3O2/c1-10(2)9-18-16(22)19-14-6-7-20(15(14)21)12-4-5-13(17)11(3)8-12/h4-5,8,10,14H,6-7,9H2,1-3H3,(H2,18,19,22)/t14-/m0/s1. The van der Waals surface area contributed by atoms with E-state index in [1.165, 1.54) is 6.07 Å². The number of aryl methyl sites for hydroxylation is 1. The minimum atomic E-state index is -0.530. The van der Waals surface area contributed by atoms with E-state index in [0.29, 0.717) is 36.7 Å². The lowest BCUT2D eigenvalue weighted by atomic mass is 10.2. The molecule has 0 radical (unpaired) electrons. The van der Waals surface area contributed by atoms with Crippen LogP contribution < -0.4 is 15.5 Å². The molecule has 0 aromatic heterocycles. The molecule has 5 nitrogen and oxygen atoms in total. The van der Waals surface area contributed by atoms with Crippen LogP contribution in [0.2, 0.25) is 0 Å². The van der Waals surface area contributed by atoms with Crippen molar-refractivity contribution in [2.24, 2.45) is 5.92 Å². The fraction of sp³-hybridized carbons (Fsp3) is 0.500. The number of hydrogen-bond donors (Lipinski definition) is 2. The average molecular weight is 307 g/mol. The quantitative estimate of drug-likeness (QED) is 0.896. The molecule has 1 aliphatic rings. The maximum Gasteiger partial charge on any atom is 0.315 e. The molecule has 3 amide bonds. The van der Waals surface area contributed by atoms with Crippen molar-refractivity contribution in [1.82, 2.24) is 10.6 Å². The monoisotopic (exact) mass is 307 g/mol. The molecule has 0 spiro atoms. The highest BCUT2D eigenvalue weighted by atomic mass is 19.1. The lowest BCUT2D eigenvalue weighted by molar-refractivity contribution is -0.118. The molecule has 1 atom stereocenters. The van der Waals surface area contributed by atoms with Gasteiger partial charge in [-0.05, 0) is 43.0 Å². The van der Waals surface area contributed by atoms with E-state index in [9.17, 15) is 14.0 Å². The Morgan fingerprint density at radius 1 is 1.45 bits per heavy atom. The van der Waals surface area contributed by atoms with Crippen molar-refractivity contribution in [3.63, 3.8) is 0 Å². The first-order valence-corrected chi connectivity index (χ1v) is 7.50. The maximum atomic E-state index is 13.3. The van der Waals surface area contributed by atoms with Crippen LogP contribution in [0.3, 0.4) is 0 Å². The fourth-order valence-electron chi connectivity index (χ4n) is 2.37. The molecule has 0 aliphatic carbocycles. The second-order valence-electron chi connectivity index (χ2n) is 6.01. The maximum absolute atomic E-state index is 13.3. The van der Waals surface area contributed by atoms with Gasteiger partial charge in [0.1, 0.15) is 11.9 Å². The van der Waals surface area contributed by atoms with Gasteiger partial charge in [0.25, 0.3) is 0 Å². The number of benzene rings is 1. The van der Waals surface area contributed by atoms with Crippen molar-refractivity contribution >= 4 is 17.6 Å². The number of urea groups is 1. The van der Waals surface area contributed by atoms with Gasteiger partial charge >= 0.3 is 6.03 Å². The van der Waals surface area contributed by atoms with Crippen LogP contribution >= 0.6 is 0 Å². The Hall–Kier alpha value is -2.11. The number of hydrogen-bond acceptors (Lipinski definition) is 2. The van der Waals surface area contributed by atoms with E-state index >= 15 is 0 Å². The first kappa shape index (κ1) is 16.3. The molecule has 1 heterocycles. The number of amides is 3. The van der Waals surface area contributed by atoms with Crippen LogP contribution in [0.15, 0.2) is 18.2 Å². The van der Waals surface area contributed by atoms with E-state index in [2.05, 4.69) is 10.6 Å². The Balaban J connectivity index is 1.97. The highest BCUT2D eigenvalue weighted by molar-refractivity contribution is 6.01. The number of anilines is 1. The normalized spacial score (nSPS) is 18.0. The first-order valence-electron chi connectivity index (χ1n) is 7.50. The predicted octanol–water partition coefficient (Wildman–Crippen LogP) is 2.19. The molecule has 2 rings (SSSR count). The van der Waals surface area contributed by atoms with Crippen LogP contribution in [0.1, 0.15) is 25.8 Å². The van der Waals surface area contributed by atoms with Gasteiger partial charge in [-0.1, -0.05) is 13.8 Å². The largest absolute Gasteiger partial charge is 0.338 e. The smallest absolute Gasteiger partial charge is 0.315 e. The Bertz CT molecular complexity index is 575. The summed E-state index contributed by atoms with van der Waals surface area (Å²) in [6, 6.07) is 3.73. The van der Waals surface area contributed by atoms with Crippen LogP contribution in [0.5, 0.6) is 0 Å². The Labute approximate surface area is 129 Å². The number of carbonyl (C=O) groups excluding carboxylic acids is 2. The van der Waals surface area contributed by atoms with Crippen LogP contribution in [-0.2, 0) is 4.79 Å². The van der Waals surface area contributed by atoms with Gasteiger partial charge in [-0.25, -0.2) is 9.18 Å². The van der Waals surface area contributed by atoms with Crippen LogP contribution in [0.25, 0.3) is 0 Å². The van der Waals surface area contributed by atoms with Crippen LogP contribution in [0.4, 0.5) is 14.9 Å². The Morgan fingerprint density at radius 3 is 2.82 bits per heavy atom. The number of carbonyl (C=O) groups is 2. The predicted molar refractivity (Wildman–Crippen MR) is 83.3 cm³/mol. The van der Waals surface area contributed by atoms with Gasteiger partial charge in [0.05, 0.1) is 0 Å². The molecule has 1 aromatic carbocycles. The highest BCUT2D eigenvalue weighted by Gasteiger charge is 2.33. The topological polar surface area (TPSA) is 61.4 Å². The number of nitrogens with zero attached hydrogens (tertiary/aromatic N) is 1. The minimum absolute atomic E-state index is 0.161. The Kier molecular flexibility index (Phi) is 5.00. The summed E-state index contributed by atoms with van der Waals surface area (Å²) in [4.78, 5) is 25.7. The van der Waals surface area contributed by atoms with Crippen molar-refractivity contribution in [3.05, 3.63) is 29.6 Å². The van der Waals surface area contributed by atoms with Crippen molar-refractivity contribution in [1.29, 1.82) is 0 Å². The zero-order valence-electron chi connectivity index (χ0n) is 13.1. The third kappa shape index (κ3) is 3.75. The molecular weight excluding hydrogens is 285 g/mol. The van der Waals surface area contributed by atoms with Crippen molar-refractivity contribution in [2.75, 3.05) is 18.0 Å². The summed E-state index contributed by atoms with van der Waals surface area (Å²) in [7, 11) is 0. The van der Waals surface area contributed by atoms with E-state index < -0.39 is 6.04 Å². The van der Waals surface area contributed by atoms with Gasteiger partial charge < -0.3 is 15.5 Å². The molecule has 0 saturated carbocycles. The molecule has 120 valence electrons. The van der Waals surface area contributed by atoms with Gasteiger partial charge in [-0.3, -0.25) is 4.79 Å². The molecule has 6 heteroatoms. The SMILES string of the molecule is Cc1cc(N2CC[C@H](NC(=O)NCC(C)C)C2=O)ccc1F. The van der Waals surface area contributed by atoms with E-state index in [4.69, 9.17) is 0 Å². The van der Waals surface area contributed by atoms with Gasteiger partial charge in [0.15, 0.2) is 0 Å². The lowest BCUT2D eigenvalue weighted by Gasteiger charge is -2.18. The zero-order chi connectivity index (χ0) is 16.3. The summed E-state index contributed by atoms with van der Waals surface area (Å²) < 4.78 is 13.3. The van der Waals surface area contributed by atoms with Crippen molar-refractivity contribution < 1.29 is 14.0 Å². The molecule has 1 fully saturated rings. The number of halogens is 1. The van der Waals surface area contributed by atoms with E-state index in [-0.39, 0.29) is 17.8 Å². The second kappa shape index (κ2) is 6.77. The summed E-state index contributed by atoms with van der Waals surface area (Å²) in [5, 5.41) is 5.42. The molecule has 2 N–H and O–H groups in total. The molecule has 0 unspecified atom stereocenters. The lowest BCUT2D eigenvalue weighted by Crippen LogP contribution is -2.46. The summed E-state index contributed by atoms with van der Waals surface area (Å²) >= 11 is 0. The molecular formula is C16H22FN3O2. The molecule has 1 saturated heterocycles. The van der Waals surface area contributed by atoms with Crippen molar-refractivity contribution in [3.8, 4) is 0 Å². The van der Waals surface area contributed by atoms with Crippen LogP contribution in [0, 0.1) is 18.7 Å². The van der Waals surface area contributed by atoms with Crippen molar-refractivity contribution in [2.45, 2.75) is 33.2 Å². The van der Waals surface area contributed by atoms with E-state index in [0.717, 1.165) is 0 Å². The summed E-state index contributed by atoms with van der Waals surface area (Å²) in [6.45, 7) is 6.74. The second-order valence-corrected chi connectivity index (χ2v) is 6.01. The number of rotatable bonds is 4. The average Bonchev–Trinajstić information content (AvgIpc) is 2.81. The highest BCUT2D eigenvalue weighted by Crippen LogP contribution is 2.23. The molecule has 1 aliphatic heterocycles.